The van der Waals surface area contributed by atoms with E-state index in [1.165, 1.54) is 0 Å². The van der Waals surface area contributed by atoms with E-state index in [9.17, 15) is 14.9 Å². The zero-order valence-corrected chi connectivity index (χ0v) is 36.4. The standard InChI is InChI=1S/C44H70N2O5Si/c1-37(2,3)51-36(49)46(22-23-50-52(14,15)38(4,5)6)28-44-20-18-39(7,8)26-30(44)34-31(47)24-33-41(11)25-29(27-45)35(48)40(9,10)32(41)16-17-42(33,12)43(34,13)19-21-44/h24-25,30,32,34H,16-23,26,28H2,1-15H3/t30-,32-,34-,41-,42+,43+,44+/m0/s1. The summed E-state index contributed by atoms with van der Waals surface area (Å²) in [6, 6.07) is 2.23. The van der Waals surface area contributed by atoms with Crippen molar-refractivity contribution in [2.24, 2.45) is 50.2 Å². The third-order valence-corrected chi connectivity index (χ3v) is 20.4. The van der Waals surface area contributed by atoms with Gasteiger partial charge in [-0.2, -0.15) is 5.26 Å². The first-order valence-electron chi connectivity index (χ1n) is 20.1. The first kappa shape index (κ1) is 40.9. The average Bonchev–Trinajstić information content (AvgIpc) is 2.98. The van der Waals surface area contributed by atoms with Gasteiger partial charge in [0.05, 0.1) is 12.2 Å². The van der Waals surface area contributed by atoms with Crippen molar-refractivity contribution in [3.8, 4) is 6.07 Å². The van der Waals surface area contributed by atoms with Gasteiger partial charge in [-0.15, -0.1) is 0 Å². The second-order valence-electron chi connectivity index (χ2n) is 22.1. The molecule has 0 saturated heterocycles. The summed E-state index contributed by atoms with van der Waals surface area (Å²) in [5.74, 6) is 0.0447. The molecule has 0 radical (unpaired) electrons. The lowest BCUT2D eigenvalue weighted by Gasteiger charge is -2.69. The highest BCUT2D eigenvalue weighted by molar-refractivity contribution is 6.74. The number of carbonyl (C=O) groups excluding carboxylic acids is 3. The maximum Gasteiger partial charge on any atom is 0.410 e. The van der Waals surface area contributed by atoms with E-state index in [0.29, 0.717) is 19.7 Å². The van der Waals surface area contributed by atoms with Crippen LogP contribution in [0.1, 0.15) is 135 Å². The molecule has 5 aliphatic carbocycles. The van der Waals surface area contributed by atoms with Gasteiger partial charge in [0.15, 0.2) is 19.9 Å². The minimum atomic E-state index is -2.04. The number of nitriles is 1. The highest BCUT2D eigenvalue weighted by atomic mass is 28.4. The largest absolute Gasteiger partial charge is 0.444 e. The summed E-state index contributed by atoms with van der Waals surface area (Å²) in [7, 11) is -2.04. The quantitative estimate of drug-likeness (QED) is 0.252. The molecule has 0 N–H and O–H groups in total. The molecule has 0 unspecified atom stereocenters. The molecule has 0 spiro atoms. The second kappa shape index (κ2) is 12.7. The molecule has 1 amide bonds. The Kier molecular flexibility index (Phi) is 9.96. The van der Waals surface area contributed by atoms with Crippen LogP contribution in [-0.2, 0) is 18.8 Å². The van der Waals surface area contributed by atoms with Gasteiger partial charge in [0.25, 0.3) is 0 Å². The fourth-order valence-electron chi connectivity index (χ4n) is 11.6. The molecular formula is C44H70N2O5Si. The lowest BCUT2D eigenvalue weighted by atomic mass is 9.34. The van der Waals surface area contributed by atoms with Gasteiger partial charge < -0.3 is 14.1 Å². The Labute approximate surface area is 316 Å². The highest BCUT2D eigenvalue weighted by Gasteiger charge is 2.70. The van der Waals surface area contributed by atoms with Crippen LogP contribution in [0, 0.1) is 61.6 Å². The van der Waals surface area contributed by atoms with E-state index in [1.54, 1.807) is 0 Å². The van der Waals surface area contributed by atoms with Crippen molar-refractivity contribution in [3.63, 3.8) is 0 Å². The summed E-state index contributed by atoms with van der Waals surface area (Å²) in [4.78, 5) is 44.5. The number of rotatable bonds is 6. The Bertz CT molecular complexity index is 1600. The van der Waals surface area contributed by atoms with Crippen LogP contribution >= 0.6 is 0 Å². The Hall–Kier alpha value is -2.24. The molecule has 290 valence electrons. The van der Waals surface area contributed by atoms with E-state index in [1.807, 2.05) is 51.7 Å². The number of Topliss-reactive ketones (excluding diaryl/α,β-unsaturated/α-hetero) is 1. The van der Waals surface area contributed by atoms with Crippen molar-refractivity contribution < 1.29 is 23.5 Å². The number of nitrogens with zero attached hydrogens (tertiary/aromatic N) is 2. The van der Waals surface area contributed by atoms with Gasteiger partial charge in [-0.05, 0) is 123 Å². The summed E-state index contributed by atoms with van der Waals surface area (Å²) >= 11 is 0. The normalized spacial score (nSPS) is 36.9. The molecule has 8 heteroatoms. The van der Waals surface area contributed by atoms with Gasteiger partial charge in [-0.1, -0.05) is 80.9 Å². The predicted octanol–water partition coefficient (Wildman–Crippen LogP) is 10.5. The zero-order chi connectivity index (χ0) is 39.3. The molecule has 3 saturated carbocycles. The van der Waals surface area contributed by atoms with Crippen molar-refractivity contribution in [3.05, 3.63) is 23.3 Å². The molecule has 7 atom stereocenters. The zero-order valence-electron chi connectivity index (χ0n) is 35.4. The molecule has 52 heavy (non-hydrogen) atoms. The molecule has 0 aromatic carbocycles. The first-order valence-corrected chi connectivity index (χ1v) is 23.0. The monoisotopic (exact) mass is 735 g/mol. The van der Waals surface area contributed by atoms with E-state index >= 15 is 4.79 Å². The minimum Gasteiger partial charge on any atom is -0.444 e. The SMILES string of the molecule is CC1(C)CC[C@]2(CN(CCO[Si](C)(C)C(C)(C)C)C(=O)OC(C)(C)C)CC[C@]3(C)[C@H](C(=O)C=C4[C@@]5(C)C=C(C#N)C(=O)C(C)(C)[C@@H]5CC[C@]43C)[C@@H]2C1. The summed E-state index contributed by atoms with van der Waals surface area (Å²) in [6.07, 6.45) is 10.1. The Morgan fingerprint density at radius 2 is 1.58 bits per heavy atom. The number of carbonyl (C=O) groups is 3. The Morgan fingerprint density at radius 3 is 2.15 bits per heavy atom. The van der Waals surface area contributed by atoms with Crippen LogP contribution in [0.25, 0.3) is 0 Å². The Morgan fingerprint density at radius 1 is 0.962 bits per heavy atom. The summed E-state index contributed by atoms with van der Waals surface area (Å²) < 4.78 is 12.7. The van der Waals surface area contributed by atoms with Crippen molar-refractivity contribution in [2.45, 2.75) is 159 Å². The van der Waals surface area contributed by atoms with Gasteiger partial charge in [0.1, 0.15) is 11.7 Å². The van der Waals surface area contributed by atoms with Crippen molar-refractivity contribution in [1.29, 1.82) is 5.26 Å². The Balaban J connectivity index is 1.57. The van der Waals surface area contributed by atoms with Crippen molar-refractivity contribution in [2.75, 3.05) is 19.7 Å². The van der Waals surface area contributed by atoms with E-state index in [4.69, 9.17) is 9.16 Å². The number of hydrogen-bond acceptors (Lipinski definition) is 6. The number of amides is 1. The van der Waals surface area contributed by atoms with E-state index in [-0.39, 0.29) is 67.7 Å². The molecule has 3 fully saturated rings. The summed E-state index contributed by atoms with van der Waals surface area (Å²) in [5.41, 5.74) is -1.27. The van der Waals surface area contributed by atoms with Gasteiger partial charge in [-0.25, -0.2) is 4.79 Å². The molecule has 0 bridgehead atoms. The predicted molar refractivity (Wildman–Crippen MR) is 210 cm³/mol. The smallest absolute Gasteiger partial charge is 0.410 e. The molecular weight excluding hydrogens is 665 g/mol. The summed E-state index contributed by atoms with van der Waals surface area (Å²) in [5, 5.41) is 10.2. The number of allylic oxidation sites excluding steroid dienone is 4. The highest BCUT2D eigenvalue weighted by Crippen LogP contribution is 2.74. The maximum absolute atomic E-state index is 15.1. The molecule has 5 aliphatic rings. The van der Waals surface area contributed by atoms with Crippen LogP contribution in [-0.4, -0.2) is 56.2 Å². The van der Waals surface area contributed by atoms with E-state index in [0.717, 1.165) is 50.5 Å². The van der Waals surface area contributed by atoms with Crippen molar-refractivity contribution in [1.82, 2.24) is 4.90 Å². The van der Waals surface area contributed by atoms with E-state index < -0.39 is 24.7 Å². The maximum atomic E-state index is 15.1. The molecule has 0 aromatic rings. The fourth-order valence-corrected chi connectivity index (χ4v) is 12.6. The van der Waals surface area contributed by atoms with Gasteiger partial charge in [-0.3, -0.25) is 9.59 Å². The van der Waals surface area contributed by atoms with Crippen molar-refractivity contribution >= 4 is 26.0 Å². The van der Waals surface area contributed by atoms with Gasteiger partial charge in [0.2, 0.25) is 0 Å². The third-order valence-electron chi connectivity index (χ3n) is 15.8. The second-order valence-corrected chi connectivity index (χ2v) is 26.9. The lowest BCUT2D eigenvalue weighted by molar-refractivity contribution is -0.174. The minimum absolute atomic E-state index is 0.0177. The fraction of sp³-hybridized carbons (Fsp3) is 0.818. The molecule has 0 aromatic heterocycles. The molecule has 0 heterocycles. The molecule has 5 rings (SSSR count). The van der Waals surface area contributed by atoms with Gasteiger partial charge in [0, 0.05) is 29.8 Å². The van der Waals surface area contributed by atoms with Crippen LogP contribution < -0.4 is 0 Å². The van der Waals surface area contributed by atoms with E-state index in [2.05, 4.69) is 74.6 Å². The first-order chi connectivity index (χ1) is 23.5. The van der Waals surface area contributed by atoms with Gasteiger partial charge >= 0.3 is 6.09 Å². The van der Waals surface area contributed by atoms with Crippen LogP contribution in [0.4, 0.5) is 4.79 Å². The number of fused-ring (bicyclic) bond motifs is 7. The van der Waals surface area contributed by atoms with Crippen LogP contribution in [0.3, 0.4) is 0 Å². The number of ketones is 2. The summed E-state index contributed by atoms with van der Waals surface area (Å²) in [6.45, 7) is 34.1. The topological polar surface area (TPSA) is 96.7 Å². The average molecular weight is 735 g/mol. The third kappa shape index (κ3) is 6.50. The number of hydrogen-bond donors (Lipinski definition) is 0. The molecule has 0 aliphatic heterocycles. The molecule has 7 nitrogen and oxygen atoms in total. The number of ether oxygens (including phenoxy) is 1. The van der Waals surface area contributed by atoms with Crippen LogP contribution in [0.5, 0.6) is 0 Å². The lowest BCUT2D eigenvalue weighted by Crippen LogP contribution is -2.66. The van der Waals surface area contributed by atoms with Crippen LogP contribution in [0.15, 0.2) is 23.3 Å². The van der Waals surface area contributed by atoms with Crippen LogP contribution in [0.2, 0.25) is 18.1 Å².